The molecule has 17 heavy (non-hydrogen) atoms. The molecule has 0 saturated heterocycles. The number of carbonyl (C=O) groups excluding carboxylic acids is 1. The second-order valence-corrected chi connectivity index (χ2v) is 3.59. The zero-order valence-corrected chi connectivity index (χ0v) is 9.21. The molecular formula is C12H11N3O2. The van der Waals surface area contributed by atoms with Crippen molar-refractivity contribution < 1.29 is 9.90 Å². The van der Waals surface area contributed by atoms with Crippen molar-refractivity contribution in [2.24, 2.45) is 5.73 Å². The average Bonchev–Trinajstić information content (AvgIpc) is 2.30. The third-order valence-corrected chi connectivity index (χ3v) is 2.46. The Labute approximate surface area is 98.0 Å². The summed E-state index contributed by atoms with van der Waals surface area (Å²) in [7, 11) is 0. The van der Waals surface area contributed by atoms with Crippen LogP contribution in [-0.4, -0.2) is 21.0 Å². The van der Waals surface area contributed by atoms with Gasteiger partial charge in [-0.15, -0.1) is 0 Å². The van der Waals surface area contributed by atoms with E-state index in [9.17, 15) is 9.90 Å². The number of nitrogens with zero attached hydrogens (tertiary/aromatic N) is 2. The van der Waals surface area contributed by atoms with Crippen LogP contribution in [0.25, 0.3) is 11.1 Å². The Bertz CT molecular complexity index is 567. The number of primary amides is 1. The summed E-state index contributed by atoms with van der Waals surface area (Å²) >= 11 is 0. The highest BCUT2D eigenvalue weighted by Gasteiger charge is 2.17. The van der Waals surface area contributed by atoms with Crippen LogP contribution in [0.15, 0.2) is 30.7 Å². The lowest BCUT2D eigenvalue weighted by Crippen LogP contribution is -2.14. The standard InChI is InChI=1S/C12H11N3O2/c1-7-10(12(13)17)11(16)9(6-15-7)8-3-2-4-14-5-8/h2-6H,1H3,(H2,13,17)(H,15,16). The molecule has 1 amide bonds. The molecule has 0 aliphatic rings. The van der Waals surface area contributed by atoms with Crippen molar-refractivity contribution in [2.75, 3.05) is 0 Å². The fraction of sp³-hybridized carbons (Fsp3) is 0.0833. The first kappa shape index (κ1) is 11.1. The molecule has 0 aliphatic carbocycles. The van der Waals surface area contributed by atoms with E-state index < -0.39 is 5.91 Å². The van der Waals surface area contributed by atoms with Gasteiger partial charge in [-0.3, -0.25) is 14.8 Å². The van der Waals surface area contributed by atoms with Crippen LogP contribution in [0.3, 0.4) is 0 Å². The summed E-state index contributed by atoms with van der Waals surface area (Å²) in [5.74, 6) is -0.851. The highest BCUT2D eigenvalue weighted by Crippen LogP contribution is 2.31. The predicted molar refractivity (Wildman–Crippen MR) is 62.4 cm³/mol. The number of aromatic hydroxyl groups is 1. The molecule has 3 N–H and O–H groups in total. The van der Waals surface area contributed by atoms with E-state index in [0.717, 1.165) is 0 Å². The number of aromatic nitrogens is 2. The first-order valence-electron chi connectivity index (χ1n) is 5.00. The molecule has 0 bridgehead atoms. The van der Waals surface area contributed by atoms with Gasteiger partial charge < -0.3 is 10.8 Å². The van der Waals surface area contributed by atoms with Gasteiger partial charge >= 0.3 is 0 Å². The van der Waals surface area contributed by atoms with Crippen molar-refractivity contribution in [3.63, 3.8) is 0 Å². The van der Waals surface area contributed by atoms with E-state index in [1.54, 1.807) is 31.5 Å². The first-order valence-corrected chi connectivity index (χ1v) is 5.00. The van der Waals surface area contributed by atoms with E-state index in [-0.39, 0.29) is 11.3 Å². The number of hydrogen-bond acceptors (Lipinski definition) is 4. The SMILES string of the molecule is Cc1ncc(-c2cccnc2)c(O)c1C(N)=O. The summed E-state index contributed by atoms with van der Waals surface area (Å²) in [4.78, 5) is 19.2. The summed E-state index contributed by atoms with van der Waals surface area (Å²) in [6.07, 6.45) is 4.70. The number of rotatable bonds is 2. The third kappa shape index (κ3) is 1.94. The summed E-state index contributed by atoms with van der Waals surface area (Å²) in [6.45, 7) is 1.62. The zero-order chi connectivity index (χ0) is 12.4. The Balaban J connectivity index is 2.66. The monoisotopic (exact) mass is 229 g/mol. The molecule has 2 aromatic rings. The number of carbonyl (C=O) groups is 1. The molecule has 0 atom stereocenters. The van der Waals surface area contributed by atoms with E-state index in [0.29, 0.717) is 16.8 Å². The van der Waals surface area contributed by atoms with Crippen LogP contribution in [0.2, 0.25) is 0 Å². The molecular weight excluding hydrogens is 218 g/mol. The highest BCUT2D eigenvalue weighted by molar-refractivity contribution is 5.98. The van der Waals surface area contributed by atoms with Gasteiger partial charge in [-0.1, -0.05) is 6.07 Å². The smallest absolute Gasteiger partial charge is 0.254 e. The molecule has 0 aromatic carbocycles. The van der Waals surface area contributed by atoms with Crippen molar-refractivity contribution in [1.82, 2.24) is 9.97 Å². The third-order valence-electron chi connectivity index (χ3n) is 2.46. The second kappa shape index (κ2) is 4.21. The van der Waals surface area contributed by atoms with E-state index in [1.165, 1.54) is 6.20 Å². The van der Waals surface area contributed by atoms with Gasteiger partial charge in [0, 0.05) is 29.7 Å². The van der Waals surface area contributed by atoms with E-state index in [2.05, 4.69) is 9.97 Å². The summed E-state index contributed by atoms with van der Waals surface area (Å²) < 4.78 is 0. The van der Waals surface area contributed by atoms with Crippen LogP contribution in [0.5, 0.6) is 5.75 Å². The Hall–Kier alpha value is -2.43. The Morgan fingerprint density at radius 1 is 1.41 bits per heavy atom. The van der Waals surface area contributed by atoms with Crippen LogP contribution < -0.4 is 5.73 Å². The lowest BCUT2D eigenvalue weighted by atomic mass is 10.0. The minimum atomic E-state index is -0.696. The lowest BCUT2D eigenvalue weighted by molar-refractivity contribution is 0.0997. The van der Waals surface area contributed by atoms with Gasteiger partial charge in [0.1, 0.15) is 11.3 Å². The molecule has 2 heterocycles. The first-order chi connectivity index (χ1) is 8.11. The minimum absolute atomic E-state index is 0.0475. The Morgan fingerprint density at radius 3 is 2.76 bits per heavy atom. The molecule has 2 aromatic heterocycles. The van der Waals surface area contributed by atoms with E-state index >= 15 is 0 Å². The van der Waals surface area contributed by atoms with Gasteiger partial charge in [-0.2, -0.15) is 0 Å². The Kier molecular flexibility index (Phi) is 2.74. The fourth-order valence-corrected chi connectivity index (χ4v) is 1.62. The molecule has 0 spiro atoms. The molecule has 0 unspecified atom stereocenters. The van der Waals surface area contributed by atoms with E-state index in [1.807, 2.05) is 0 Å². The summed E-state index contributed by atoms with van der Waals surface area (Å²) in [5, 5.41) is 10.0. The molecule has 2 rings (SSSR count). The van der Waals surface area contributed by atoms with Gasteiger partial charge in [-0.25, -0.2) is 0 Å². The maximum absolute atomic E-state index is 11.2. The number of nitrogens with two attached hydrogens (primary N) is 1. The normalized spacial score (nSPS) is 10.2. The van der Waals surface area contributed by atoms with Gasteiger partial charge in [0.2, 0.25) is 0 Å². The fourth-order valence-electron chi connectivity index (χ4n) is 1.62. The number of aryl methyl sites for hydroxylation is 1. The average molecular weight is 229 g/mol. The lowest BCUT2D eigenvalue weighted by Gasteiger charge is -2.09. The van der Waals surface area contributed by atoms with Crippen molar-refractivity contribution in [2.45, 2.75) is 6.92 Å². The largest absolute Gasteiger partial charge is 0.506 e. The van der Waals surface area contributed by atoms with Gasteiger partial charge in [0.15, 0.2) is 0 Å². The highest BCUT2D eigenvalue weighted by atomic mass is 16.3. The molecule has 86 valence electrons. The molecule has 0 aliphatic heterocycles. The quantitative estimate of drug-likeness (QED) is 0.811. The number of amides is 1. The molecule has 0 fully saturated rings. The van der Waals surface area contributed by atoms with Crippen molar-refractivity contribution in [3.8, 4) is 16.9 Å². The van der Waals surface area contributed by atoms with Gasteiger partial charge in [-0.05, 0) is 13.0 Å². The number of pyridine rings is 2. The predicted octanol–water partition coefficient (Wildman–Crippen LogP) is 1.26. The maximum Gasteiger partial charge on any atom is 0.254 e. The molecule has 5 heteroatoms. The van der Waals surface area contributed by atoms with Gasteiger partial charge in [0.05, 0.1) is 5.69 Å². The Morgan fingerprint density at radius 2 is 2.18 bits per heavy atom. The van der Waals surface area contributed by atoms with Gasteiger partial charge in [0.25, 0.3) is 5.91 Å². The number of hydrogen-bond donors (Lipinski definition) is 2. The topological polar surface area (TPSA) is 89.1 Å². The van der Waals surface area contributed by atoms with E-state index in [4.69, 9.17) is 5.73 Å². The molecule has 0 radical (unpaired) electrons. The molecule has 5 nitrogen and oxygen atoms in total. The van der Waals surface area contributed by atoms with Crippen molar-refractivity contribution in [3.05, 3.63) is 42.0 Å². The minimum Gasteiger partial charge on any atom is -0.506 e. The van der Waals surface area contributed by atoms with Crippen LogP contribution in [-0.2, 0) is 0 Å². The van der Waals surface area contributed by atoms with Crippen molar-refractivity contribution in [1.29, 1.82) is 0 Å². The summed E-state index contributed by atoms with van der Waals surface area (Å²) in [5.41, 5.74) is 6.78. The summed E-state index contributed by atoms with van der Waals surface area (Å²) in [6, 6.07) is 3.50. The van der Waals surface area contributed by atoms with Crippen molar-refractivity contribution >= 4 is 5.91 Å². The van der Waals surface area contributed by atoms with Crippen LogP contribution in [0, 0.1) is 6.92 Å². The zero-order valence-electron chi connectivity index (χ0n) is 9.21. The van der Waals surface area contributed by atoms with Crippen LogP contribution in [0.4, 0.5) is 0 Å². The van der Waals surface area contributed by atoms with Crippen LogP contribution >= 0.6 is 0 Å². The maximum atomic E-state index is 11.2. The second-order valence-electron chi connectivity index (χ2n) is 3.59. The van der Waals surface area contributed by atoms with Crippen LogP contribution in [0.1, 0.15) is 16.1 Å². The molecule has 0 saturated carbocycles.